The first kappa shape index (κ1) is 31.0. The first-order chi connectivity index (χ1) is 20.5. The van der Waals surface area contributed by atoms with Crippen molar-refractivity contribution in [2.45, 2.75) is 55.4 Å². The molecule has 2 heterocycles. The second-order valence-electron chi connectivity index (χ2n) is 10.8. The summed E-state index contributed by atoms with van der Waals surface area (Å²) in [7, 11) is -2.52. The van der Waals surface area contributed by atoms with Crippen molar-refractivity contribution in [2.75, 3.05) is 50.6 Å². The molecule has 1 saturated carbocycles. The fraction of sp³-hybridized carbons (Fsp3) is 0.467. The summed E-state index contributed by atoms with van der Waals surface area (Å²) in [6, 6.07) is 12.0. The first-order valence-electron chi connectivity index (χ1n) is 14.2. The number of aromatic nitrogens is 1. The number of hydrogen-bond acceptors (Lipinski definition) is 7. The maximum atomic E-state index is 13.6. The lowest BCUT2D eigenvalue weighted by atomic mass is 9.89. The number of fused-ring (bicyclic) bond motifs is 1. The molecular formula is C30H36F3N5O4S. The molecule has 2 aliphatic rings. The van der Waals surface area contributed by atoms with Gasteiger partial charge in [-0.05, 0) is 61.9 Å². The Morgan fingerprint density at radius 3 is 2.49 bits per heavy atom. The Labute approximate surface area is 249 Å². The SMILES string of the molecule is COc1cc(S(N)(=O)=O)ccc1NCC#Cc1cc2c(N[C@H]3CC[C@@H](N4CCOCC4)CC3)cccc2n1CC(F)(F)F. The van der Waals surface area contributed by atoms with Crippen LogP contribution in [0.15, 0.2) is 47.4 Å². The summed E-state index contributed by atoms with van der Waals surface area (Å²) in [5.74, 6) is 6.03. The minimum atomic E-state index is -4.43. The number of alkyl halides is 3. The molecule has 43 heavy (non-hydrogen) atoms. The number of morpholine rings is 1. The molecule has 0 radical (unpaired) electrons. The van der Waals surface area contributed by atoms with E-state index in [1.165, 1.54) is 29.9 Å². The van der Waals surface area contributed by atoms with E-state index in [-0.39, 0.29) is 28.9 Å². The maximum absolute atomic E-state index is 13.6. The van der Waals surface area contributed by atoms with Crippen LogP contribution in [0.1, 0.15) is 31.4 Å². The number of sulfonamides is 1. The lowest BCUT2D eigenvalue weighted by Gasteiger charge is -2.39. The number of anilines is 2. The molecule has 1 aliphatic heterocycles. The second-order valence-corrected chi connectivity index (χ2v) is 12.4. The lowest BCUT2D eigenvalue weighted by Crippen LogP contribution is -2.46. The van der Waals surface area contributed by atoms with Gasteiger partial charge in [0.15, 0.2) is 0 Å². The van der Waals surface area contributed by atoms with Gasteiger partial charge < -0.3 is 24.7 Å². The zero-order chi connectivity index (χ0) is 30.6. The van der Waals surface area contributed by atoms with E-state index in [0.29, 0.717) is 22.6 Å². The van der Waals surface area contributed by atoms with E-state index in [1.54, 1.807) is 18.2 Å². The van der Waals surface area contributed by atoms with Crippen LogP contribution in [0.3, 0.4) is 0 Å². The van der Waals surface area contributed by atoms with Crippen LogP contribution in [-0.2, 0) is 21.3 Å². The summed E-state index contributed by atoms with van der Waals surface area (Å²) >= 11 is 0. The van der Waals surface area contributed by atoms with Gasteiger partial charge in [0.2, 0.25) is 10.0 Å². The van der Waals surface area contributed by atoms with Crippen LogP contribution in [0.4, 0.5) is 24.5 Å². The molecule has 1 aromatic heterocycles. The Kier molecular flexibility index (Phi) is 9.41. The summed E-state index contributed by atoms with van der Waals surface area (Å²) in [5, 5.41) is 12.5. The number of methoxy groups -OCH3 is 1. The number of rotatable bonds is 8. The van der Waals surface area contributed by atoms with E-state index in [0.717, 1.165) is 57.7 Å². The molecule has 5 rings (SSSR count). The third kappa shape index (κ3) is 7.75. The second kappa shape index (κ2) is 13.1. The Balaban J connectivity index is 1.33. The third-order valence-corrected chi connectivity index (χ3v) is 8.90. The standard InChI is InChI=1S/C30H36F3N5O4S/c1-41-29-19-24(43(34,39)40)11-12-27(29)35-13-3-4-23-18-25-26(5-2-6-28(25)38(23)20-30(31,32)33)36-21-7-9-22(10-8-21)37-14-16-42-17-15-37/h2,5-6,11-12,18-19,21-22,35-36H,7-10,13-17,20H2,1H3,(H2,34,39,40)/t21-,22+. The van der Waals surface area contributed by atoms with Crippen molar-refractivity contribution >= 4 is 32.3 Å². The van der Waals surface area contributed by atoms with Gasteiger partial charge in [0.25, 0.3) is 0 Å². The van der Waals surface area contributed by atoms with Crippen molar-refractivity contribution in [3.63, 3.8) is 0 Å². The number of hydrogen-bond donors (Lipinski definition) is 3. The molecule has 2 fully saturated rings. The van der Waals surface area contributed by atoms with Crippen molar-refractivity contribution in [3.05, 3.63) is 48.2 Å². The fourth-order valence-electron chi connectivity index (χ4n) is 5.88. The molecule has 1 aliphatic carbocycles. The third-order valence-electron chi connectivity index (χ3n) is 7.99. The van der Waals surface area contributed by atoms with Crippen LogP contribution in [0.2, 0.25) is 0 Å². The van der Waals surface area contributed by atoms with Crippen molar-refractivity contribution in [1.29, 1.82) is 0 Å². The van der Waals surface area contributed by atoms with Gasteiger partial charge in [-0.1, -0.05) is 12.0 Å². The van der Waals surface area contributed by atoms with Crippen LogP contribution in [0.25, 0.3) is 10.9 Å². The van der Waals surface area contributed by atoms with Crippen LogP contribution in [0.5, 0.6) is 5.75 Å². The highest BCUT2D eigenvalue weighted by molar-refractivity contribution is 7.89. The van der Waals surface area contributed by atoms with Crippen LogP contribution in [0, 0.1) is 11.8 Å². The normalized spacial score (nSPS) is 19.9. The molecule has 0 atom stereocenters. The predicted molar refractivity (Wildman–Crippen MR) is 160 cm³/mol. The molecule has 0 bridgehead atoms. The van der Waals surface area contributed by atoms with Crippen molar-refractivity contribution < 1.29 is 31.1 Å². The summed E-state index contributed by atoms with van der Waals surface area (Å²) in [4.78, 5) is 2.40. The number of benzene rings is 2. The number of primary sulfonamides is 1. The van der Waals surface area contributed by atoms with E-state index < -0.39 is 22.7 Å². The first-order valence-corrected chi connectivity index (χ1v) is 15.8. The smallest absolute Gasteiger partial charge is 0.406 e. The van der Waals surface area contributed by atoms with Gasteiger partial charge in [0.05, 0.1) is 48.7 Å². The zero-order valence-corrected chi connectivity index (χ0v) is 24.7. The van der Waals surface area contributed by atoms with E-state index in [2.05, 4.69) is 27.4 Å². The highest BCUT2D eigenvalue weighted by Crippen LogP contribution is 2.33. The number of nitrogens with two attached hydrogens (primary N) is 1. The number of ether oxygens (including phenoxy) is 2. The molecule has 0 unspecified atom stereocenters. The quantitative estimate of drug-likeness (QED) is 0.321. The summed E-state index contributed by atoms with van der Waals surface area (Å²) in [5.41, 5.74) is 1.97. The lowest BCUT2D eigenvalue weighted by molar-refractivity contribution is -0.140. The molecule has 0 spiro atoms. The number of nitrogens with one attached hydrogen (secondary N) is 2. The molecule has 9 nitrogen and oxygen atoms in total. The van der Waals surface area contributed by atoms with Gasteiger partial charge in [0.1, 0.15) is 12.3 Å². The van der Waals surface area contributed by atoms with Gasteiger partial charge in [0, 0.05) is 42.3 Å². The Morgan fingerprint density at radius 2 is 1.81 bits per heavy atom. The molecule has 232 valence electrons. The minimum absolute atomic E-state index is 0.0795. The largest absolute Gasteiger partial charge is 0.495 e. The van der Waals surface area contributed by atoms with E-state index >= 15 is 0 Å². The summed E-state index contributed by atoms with van der Waals surface area (Å²) in [6.07, 6.45) is -0.312. The monoisotopic (exact) mass is 619 g/mol. The maximum Gasteiger partial charge on any atom is 0.406 e. The van der Waals surface area contributed by atoms with Gasteiger partial charge in [-0.3, -0.25) is 4.90 Å². The van der Waals surface area contributed by atoms with Crippen molar-refractivity contribution in [1.82, 2.24) is 9.47 Å². The minimum Gasteiger partial charge on any atom is -0.495 e. The number of halogens is 3. The molecule has 3 aromatic rings. The molecule has 2 aromatic carbocycles. The number of nitrogens with zero attached hydrogens (tertiary/aromatic N) is 2. The van der Waals surface area contributed by atoms with Crippen molar-refractivity contribution in [3.8, 4) is 17.6 Å². The van der Waals surface area contributed by atoms with E-state index in [9.17, 15) is 21.6 Å². The fourth-order valence-corrected chi connectivity index (χ4v) is 6.41. The van der Waals surface area contributed by atoms with Gasteiger partial charge in [-0.25, -0.2) is 13.6 Å². The van der Waals surface area contributed by atoms with Crippen molar-refractivity contribution in [2.24, 2.45) is 5.14 Å². The van der Waals surface area contributed by atoms with Crippen LogP contribution in [-0.4, -0.2) is 76.1 Å². The highest BCUT2D eigenvalue weighted by atomic mass is 32.2. The zero-order valence-electron chi connectivity index (χ0n) is 23.9. The Morgan fingerprint density at radius 1 is 1.07 bits per heavy atom. The predicted octanol–water partition coefficient (Wildman–Crippen LogP) is 4.38. The average molecular weight is 620 g/mol. The Hall–Kier alpha value is -3.44. The van der Waals surface area contributed by atoms with E-state index in [4.69, 9.17) is 14.6 Å². The Bertz CT molecular complexity index is 1600. The average Bonchev–Trinajstić information content (AvgIpc) is 3.32. The topological polar surface area (TPSA) is 111 Å². The molecule has 1 saturated heterocycles. The highest BCUT2D eigenvalue weighted by Gasteiger charge is 2.31. The van der Waals surface area contributed by atoms with Crippen LogP contribution < -0.4 is 20.5 Å². The molecule has 0 amide bonds. The molecule has 13 heteroatoms. The van der Waals surface area contributed by atoms with Crippen LogP contribution >= 0.6 is 0 Å². The molecular weight excluding hydrogens is 583 g/mol. The van der Waals surface area contributed by atoms with E-state index in [1.807, 2.05) is 6.07 Å². The van der Waals surface area contributed by atoms with Gasteiger partial charge in [-0.15, -0.1) is 0 Å². The molecule has 4 N–H and O–H groups in total. The van der Waals surface area contributed by atoms with Gasteiger partial charge in [-0.2, -0.15) is 13.2 Å². The summed E-state index contributed by atoms with van der Waals surface area (Å²) < 4.78 is 76.1. The van der Waals surface area contributed by atoms with Gasteiger partial charge >= 0.3 is 6.18 Å². The summed E-state index contributed by atoms with van der Waals surface area (Å²) in [6.45, 7) is 2.40.